The van der Waals surface area contributed by atoms with Gasteiger partial charge in [0, 0.05) is 12.6 Å². The van der Waals surface area contributed by atoms with Gasteiger partial charge in [-0.05, 0) is 18.8 Å². The molecule has 0 unspecified atom stereocenters. The molecule has 0 spiro atoms. The molecule has 2 fully saturated rings. The van der Waals surface area contributed by atoms with Gasteiger partial charge in [-0.15, -0.1) is 12.4 Å². The molecule has 0 amide bonds. The lowest BCUT2D eigenvalue weighted by molar-refractivity contribution is 0.0133. The Morgan fingerprint density at radius 3 is 2.67 bits per heavy atom. The zero-order valence-corrected chi connectivity index (χ0v) is 6.06. The summed E-state index contributed by atoms with van der Waals surface area (Å²) in [5.74, 6) is 0.824. The molecule has 1 saturated heterocycles. The van der Waals surface area contributed by atoms with E-state index in [4.69, 9.17) is 10.5 Å². The minimum Gasteiger partial charge on any atom is -0.376 e. The van der Waals surface area contributed by atoms with Crippen LogP contribution in [0.25, 0.3) is 0 Å². The summed E-state index contributed by atoms with van der Waals surface area (Å²) in [6.45, 7) is 0.947. The van der Waals surface area contributed by atoms with Crippen molar-refractivity contribution in [1.29, 1.82) is 0 Å². The lowest BCUT2D eigenvalue weighted by atomic mass is 9.78. The highest BCUT2D eigenvalue weighted by Gasteiger charge is 2.42. The number of halogens is 1. The van der Waals surface area contributed by atoms with Crippen molar-refractivity contribution in [2.24, 2.45) is 11.7 Å². The van der Waals surface area contributed by atoms with Gasteiger partial charge in [0.15, 0.2) is 0 Å². The molecule has 1 saturated carbocycles. The highest BCUT2D eigenvalue weighted by molar-refractivity contribution is 5.85. The SMILES string of the molecule is Cl.N[C@H]1C[C@H]2CCO[C@H]21. The van der Waals surface area contributed by atoms with Gasteiger partial charge in [0.25, 0.3) is 0 Å². The molecular formula is C6H12ClNO. The van der Waals surface area contributed by atoms with Crippen molar-refractivity contribution in [1.82, 2.24) is 0 Å². The summed E-state index contributed by atoms with van der Waals surface area (Å²) in [7, 11) is 0. The molecule has 54 valence electrons. The van der Waals surface area contributed by atoms with Gasteiger partial charge in [-0.1, -0.05) is 0 Å². The average Bonchev–Trinajstić information content (AvgIpc) is 2.09. The van der Waals surface area contributed by atoms with E-state index in [2.05, 4.69) is 0 Å². The van der Waals surface area contributed by atoms with Crippen molar-refractivity contribution < 1.29 is 4.74 Å². The third kappa shape index (κ3) is 0.955. The summed E-state index contributed by atoms with van der Waals surface area (Å²) in [5, 5.41) is 0. The fraction of sp³-hybridized carbons (Fsp3) is 1.00. The van der Waals surface area contributed by atoms with Gasteiger partial charge < -0.3 is 10.5 Å². The van der Waals surface area contributed by atoms with Crippen molar-refractivity contribution in [2.45, 2.75) is 25.0 Å². The Morgan fingerprint density at radius 1 is 1.44 bits per heavy atom. The minimum absolute atomic E-state index is 0. The fourth-order valence-electron chi connectivity index (χ4n) is 1.67. The quantitative estimate of drug-likeness (QED) is 0.546. The van der Waals surface area contributed by atoms with Crippen molar-refractivity contribution in [2.75, 3.05) is 6.61 Å². The molecule has 1 aliphatic carbocycles. The molecule has 0 aromatic rings. The van der Waals surface area contributed by atoms with Crippen LogP contribution in [0.3, 0.4) is 0 Å². The van der Waals surface area contributed by atoms with Crippen LogP contribution in [0.5, 0.6) is 0 Å². The van der Waals surface area contributed by atoms with Gasteiger partial charge in [-0.25, -0.2) is 0 Å². The van der Waals surface area contributed by atoms with Crippen LogP contribution in [0.1, 0.15) is 12.8 Å². The molecule has 2 nitrogen and oxygen atoms in total. The number of ether oxygens (including phenoxy) is 1. The predicted octanol–water partition coefficient (Wildman–Crippen LogP) is 0.544. The molecule has 1 aliphatic heterocycles. The van der Waals surface area contributed by atoms with Crippen LogP contribution < -0.4 is 5.73 Å². The highest BCUT2D eigenvalue weighted by Crippen LogP contribution is 2.36. The normalized spacial score (nSPS) is 47.0. The Hall–Kier alpha value is 0.210. The van der Waals surface area contributed by atoms with Crippen LogP contribution in [-0.2, 0) is 4.74 Å². The molecule has 0 radical (unpaired) electrons. The molecule has 2 aliphatic rings. The van der Waals surface area contributed by atoms with E-state index >= 15 is 0 Å². The van der Waals surface area contributed by atoms with Crippen LogP contribution in [0.4, 0.5) is 0 Å². The predicted molar refractivity (Wildman–Crippen MR) is 37.7 cm³/mol. The van der Waals surface area contributed by atoms with Gasteiger partial charge in [0.05, 0.1) is 6.10 Å². The van der Waals surface area contributed by atoms with Crippen LogP contribution in [-0.4, -0.2) is 18.8 Å². The molecule has 0 aromatic carbocycles. The number of hydrogen-bond donors (Lipinski definition) is 1. The summed E-state index contributed by atoms with van der Waals surface area (Å²) < 4.78 is 5.34. The van der Waals surface area contributed by atoms with Crippen molar-refractivity contribution in [3.8, 4) is 0 Å². The number of fused-ring (bicyclic) bond motifs is 1. The first kappa shape index (κ1) is 7.32. The number of nitrogens with two attached hydrogens (primary N) is 1. The third-order valence-electron chi connectivity index (χ3n) is 2.26. The highest BCUT2D eigenvalue weighted by atomic mass is 35.5. The summed E-state index contributed by atoms with van der Waals surface area (Å²) in [6, 6.07) is 0.363. The first-order chi connectivity index (χ1) is 3.88. The maximum absolute atomic E-state index is 5.64. The van der Waals surface area contributed by atoms with Gasteiger partial charge in [-0.3, -0.25) is 0 Å². The summed E-state index contributed by atoms with van der Waals surface area (Å²) >= 11 is 0. The zero-order valence-electron chi connectivity index (χ0n) is 5.25. The van der Waals surface area contributed by atoms with Gasteiger partial charge in [-0.2, -0.15) is 0 Å². The van der Waals surface area contributed by atoms with Crippen molar-refractivity contribution in [3.05, 3.63) is 0 Å². The minimum atomic E-state index is 0. The van der Waals surface area contributed by atoms with E-state index in [-0.39, 0.29) is 12.4 Å². The van der Waals surface area contributed by atoms with E-state index in [1.165, 1.54) is 12.8 Å². The average molecular weight is 150 g/mol. The fourth-order valence-corrected chi connectivity index (χ4v) is 1.67. The van der Waals surface area contributed by atoms with E-state index in [1.807, 2.05) is 0 Å². The van der Waals surface area contributed by atoms with Crippen LogP contribution in [0.15, 0.2) is 0 Å². The van der Waals surface area contributed by atoms with E-state index in [0.717, 1.165) is 12.5 Å². The Morgan fingerprint density at radius 2 is 2.22 bits per heavy atom. The molecule has 1 heterocycles. The second-order valence-electron chi connectivity index (χ2n) is 2.78. The Balaban J connectivity index is 0.000000405. The first-order valence-corrected chi connectivity index (χ1v) is 3.25. The smallest absolute Gasteiger partial charge is 0.0755 e. The lowest BCUT2D eigenvalue weighted by Crippen LogP contribution is -2.49. The molecule has 0 aromatic heterocycles. The topological polar surface area (TPSA) is 35.2 Å². The van der Waals surface area contributed by atoms with E-state index in [9.17, 15) is 0 Å². The maximum atomic E-state index is 5.64. The largest absolute Gasteiger partial charge is 0.376 e. The Labute approximate surface area is 61.2 Å². The molecule has 0 bridgehead atoms. The van der Waals surface area contributed by atoms with Crippen molar-refractivity contribution >= 4 is 12.4 Å². The standard InChI is InChI=1S/C6H11NO.ClH/c7-5-3-4-1-2-8-6(4)5;/h4-6H,1-3,7H2;1H/t4-,5+,6-;/m1./s1. The monoisotopic (exact) mass is 149 g/mol. The number of rotatable bonds is 0. The first-order valence-electron chi connectivity index (χ1n) is 3.25. The maximum Gasteiger partial charge on any atom is 0.0755 e. The van der Waals surface area contributed by atoms with Gasteiger partial charge in [0.2, 0.25) is 0 Å². The van der Waals surface area contributed by atoms with Crippen LogP contribution >= 0.6 is 12.4 Å². The zero-order chi connectivity index (χ0) is 5.56. The van der Waals surface area contributed by atoms with Gasteiger partial charge in [0.1, 0.15) is 0 Å². The second-order valence-corrected chi connectivity index (χ2v) is 2.78. The number of hydrogen-bond acceptors (Lipinski definition) is 2. The molecule has 9 heavy (non-hydrogen) atoms. The summed E-state index contributed by atoms with van der Waals surface area (Å²) in [6.07, 6.45) is 2.89. The third-order valence-corrected chi connectivity index (χ3v) is 2.26. The van der Waals surface area contributed by atoms with Gasteiger partial charge >= 0.3 is 0 Å². The van der Waals surface area contributed by atoms with E-state index < -0.39 is 0 Å². The lowest BCUT2D eigenvalue weighted by Gasteiger charge is -2.35. The molecule has 3 heteroatoms. The molecule has 2 rings (SSSR count). The summed E-state index contributed by atoms with van der Waals surface area (Å²) in [4.78, 5) is 0. The summed E-state index contributed by atoms with van der Waals surface area (Å²) in [5.41, 5.74) is 5.64. The van der Waals surface area contributed by atoms with Crippen LogP contribution in [0, 0.1) is 5.92 Å². The molecule has 2 N–H and O–H groups in total. The van der Waals surface area contributed by atoms with E-state index in [0.29, 0.717) is 12.1 Å². The Bertz CT molecular complexity index is 109. The second kappa shape index (κ2) is 2.45. The van der Waals surface area contributed by atoms with Crippen LogP contribution in [0.2, 0.25) is 0 Å². The molecule has 3 atom stereocenters. The van der Waals surface area contributed by atoms with E-state index in [1.54, 1.807) is 0 Å². The molecular weight excluding hydrogens is 138 g/mol. The Kier molecular flexibility index (Phi) is 1.99. The van der Waals surface area contributed by atoms with Crippen molar-refractivity contribution in [3.63, 3.8) is 0 Å².